The van der Waals surface area contributed by atoms with E-state index in [2.05, 4.69) is 11.9 Å². The van der Waals surface area contributed by atoms with Gasteiger partial charge in [-0.3, -0.25) is 0 Å². The molecule has 1 atom stereocenters. The molecule has 0 fully saturated rings. The molecular weight excluding hydrogens is 140 g/mol. The number of aliphatic hydroxyl groups excluding tert-OH is 1. The van der Waals surface area contributed by atoms with E-state index in [1.807, 2.05) is 0 Å². The molecule has 0 saturated heterocycles. The molecule has 0 aliphatic heterocycles. The molecule has 2 N–H and O–H groups in total. The standard InChI is InChI=1S/C6H11F2NO/c1-2-5(4-10)9-3-6(7)8/h2,5-6,9-10H,1,3-4H2/t5-/m0/s1. The van der Waals surface area contributed by atoms with Crippen LogP contribution >= 0.6 is 0 Å². The van der Waals surface area contributed by atoms with Crippen LogP contribution in [0.1, 0.15) is 0 Å². The van der Waals surface area contributed by atoms with E-state index in [0.717, 1.165) is 0 Å². The highest BCUT2D eigenvalue weighted by atomic mass is 19.3. The summed E-state index contributed by atoms with van der Waals surface area (Å²) in [5.74, 6) is 0. The summed E-state index contributed by atoms with van der Waals surface area (Å²) in [5.41, 5.74) is 0. The summed E-state index contributed by atoms with van der Waals surface area (Å²) in [6, 6.07) is -0.422. The highest BCUT2D eigenvalue weighted by Crippen LogP contribution is 1.90. The van der Waals surface area contributed by atoms with Gasteiger partial charge in [-0.1, -0.05) is 6.08 Å². The van der Waals surface area contributed by atoms with Gasteiger partial charge in [0.05, 0.1) is 13.2 Å². The van der Waals surface area contributed by atoms with E-state index in [1.54, 1.807) is 0 Å². The molecule has 0 spiro atoms. The molecule has 4 heteroatoms. The fourth-order valence-electron chi connectivity index (χ4n) is 0.463. The molecule has 0 aromatic carbocycles. The molecule has 0 radical (unpaired) electrons. The highest BCUT2D eigenvalue weighted by Gasteiger charge is 2.05. The lowest BCUT2D eigenvalue weighted by atomic mass is 10.3. The lowest BCUT2D eigenvalue weighted by molar-refractivity contribution is 0.138. The first-order chi connectivity index (χ1) is 4.70. The minimum absolute atomic E-state index is 0.198. The summed E-state index contributed by atoms with van der Waals surface area (Å²) in [4.78, 5) is 0. The molecular formula is C6H11F2NO. The molecule has 60 valence electrons. The van der Waals surface area contributed by atoms with Crippen LogP contribution in [0, 0.1) is 0 Å². The van der Waals surface area contributed by atoms with Crippen LogP contribution < -0.4 is 5.32 Å². The minimum Gasteiger partial charge on any atom is -0.394 e. The van der Waals surface area contributed by atoms with E-state index in [-0.39, 0.29) is 6.61 Å². The predicted molar refractivity (Wildman–Crippen MR) is 35.1 cm³/mol. The van der Waals surface area contributed by atoms with Crippen molar-refractivity contribution in [1.82, 2.24) is 5.32 Å². The molecule has 2 nitrogen and oxygen atoms in total. The van der Waals surface area contributed by atoms with Crippen molar-refractivity contribution in [3.05, 3.63) is 12.7 Å². The van der Waals surface area contributed by atoms with Crippen LogP contribution in [0.5, 0.6) is 0 Å². The molecule has 0 rings (SSSR count). The normalized spacial score (nSPS) is 13.6. The summed E-state index contributed by atoms with van der Waals surface area (Å²) in [6.07, 6.45) is -0.989. The van der Waals surface area contributed by atoms with Gasteiger partial charge in [0.2, 0.25) is 0 Å². The molecule has 0 aromatic heterocycles. The summed E-state index contributed by atoms with van der Waals surface area (Å²) in [7, 11) is 0. The molecule has 0 unspecified atom stereocenters. The van der Waals surface area contributed by atoms with Gasteiger partial charge >= 0.3 is 0 Å². The lowest BCUT2D eigenvalue weighted by Gasteiger charge is -2.09. The molecule has 0 bridgehead atoms. The van der Waals surface area contributed by atoms with Gasteiger partial charge in [0, 0.05) is 6.04 Å². The van der Waals surface area contributed by atoms with Crippen molar-refractivity contribution in [3.8, 4) is 0 Å². The number of hydrogen-bond donors (Lipinski definition) is 2. The number of alkyl halides is 2. The molecule has 0 aliphatic rings. The minimum atomic E-state index is -2.38. The third-order valence-corrected chi connectivity index (χ3v) is 1.02. The van der Waals surface area contributed by atoms with Crippen molar-refractivity contribution in [2.24, 2.45) is 0 Å². The maximum atomic E-state index is 11.5. The van der Waals surface area contributed by atoms with E-state index in [9.17, 15) is 8.78 Å². The second-order valence-corrected chi connectivity index (χ2v) is 1.82. The van der Waals surface area contributed by atoms with Crippen molar-refractivity contribution in [2.45, 2.75) is 12.5 Å². The first-order valence-electron chi connectivity index (χ1n) is 2.95. The van der Waals surface area contributed by atoms with Gasteiger partial charge in [-0.2, -0.15) is 0 Å². The maximum Gasteiger partial charge on any atom is 0.250 e. The number of nitrogens with one attached hydrogen (secondary N) is 1. The Balaban J connectivity index is 3.34. The Hall–Kier alpha value is -0.480. The zero-order chi connectivity index (χ0) is 7.98. The zero-order valence-corrected chi connectivity index (χ0v) is 5.56. The van der Waals surface area contributed by atoms with E-state index in [1.165, 1.54) is 6.08 Å². The maximum absolute atomic E-state index is 11.5. The second kappa shape index (κ2) is 5.32. The fraction of sp³-hybridized carbons (Fsp3) is 0.667. The first-order valence-corrected chi connectivity index (χ1v) is 2.95. The number of aliphatic hydroxyl groups is 1. The Kier molecular flexibility index (Phi) is 5.06. The molecule has 0 amide bonds. The van der Waals surface area contributed by atoms with E-state index in [4.69, 9.17) is 5.11 Å². The third kappa shape index (κ3) is 4.40. The molecule has 0 heterocycles. The van der Waals surface area contributed by atoms with Crippen molar-refractivity contribution in [2.75, 3.05) is 13.2 Å². The Morgan fingerprint density at radius 3 is 2.50 bits per heavy atom. The highest BCUT2D eigenvalue weighted by molar-refractivity contribution is 4.84. The zero-order valence-electron chi connectivity index (χ0n) is 5.56. The van der Waals surface area contributed by atoms with Crippen molar-refractivity contribution < 1.29 is 13.9 Å². The van der Waals surface area contributed by atoms with Crippen LogP contribution in [0.2, 0.25) is 0 Å². The Morgan fingerprint density at radius 1 is 1.60 bits per heavy atom. The average molecular weight is 151 g/mol. The quantitative estimate of drug-likeness (QED) is 0.557. The monoisotopic (exact) mass is 151 g/mol. The van der Waals surface area contributed by atoms with Crippen molar-refractivity contribution in [3.63, 3.8) is 0 Å². The van der Waals surface area contributed by atoms with Gasteiger partial charge in [0.25, 0.3) is 6.43 Å². The van der Waals surface area contributed by atoms with Crippen LogP contribution in [0.4, 0.5) is 8.78 Å². The van der Waals surface area contributed by atoms with Gasteiger partial charge in [-0.05, 0) is 0 Å². The molecule has 0 saturated carbocycles. The van der Waals surface area contributed by atoms with Crippen LogP contribution in [0.25, 0.3) is 0 Å². The first kappa shape index (κ1) is 9.52. The predicted octanol–water partition coefficient (Wildman–Crippen LogP) is 0.388. The number of halogens is 2. The van der Waals surface area contributed by atoms with E-state index in [0.29, 0.717) is 0 Å². The van der Waals surface area contributed by atoms with Crippen molar-refractivity contribution >= 4 is 0 Å². The second-order valence-electron chi connectivity index (χ2n) is 1.82. The fourth-order valence-corrected chi connectivity index (χ4v) is 0.463. The Morgan fingerprint density at radius 2 is 2.20 bits per heavy atom. The summed E-state index contributed by atoms with van der Waals surface area (Å²) >= 11 is 0. The summed E-state index contributed by atoms with van der Waals surface area (Å²) in [6.45, 7) is 2.74. The third-order valence-electron chi connectivity index (χ3n) is 1.02. The van der Waals surface area contributed by atoms with Gasteiger partial charge in [-0.15, -0.1) is 6.58 Å². The Labute approximate surface area is 58.5 Å². The van der Waals surface area contributed by atoms with Crippen molar-refractivity contribution in [1.29, 1.82) is 0 Å². The molecule has 0 aliphatic carbocycles. The summed E-state index contributed by atoms with van der Waals surface area (Å²) in [5, 5.41) is 10.9. The average Bonchev–Trinajstić information content (AvgIpc) is 1.90. The lowest BCUT2D eigenvalue weighted by Crippen LogP contribution is -2.33. The van der Waals surface area contributed by atoms with Gasteiger partial charge in [0.1, 0.15) is 0 Å². The largest absolute Gasteiger partial charge is 0.394 e. The van der Waals surface area contributed by atoms with Gasteiger partial charge in [-0.25, -0.2) is 8.78 Å². The van der Waals surface area contributed by atoms with Crippen LogP contribution in [0.15, 0.2) is 12.7 Å². The van der Waals surface area contributed by atoms with Crippen LogP contribution in [-0.2, 0) is 0 Å². The molecule has 10 heavy (non-hydrogen) atoms. The van der Waals surface area contributed by atoms with Gasteiger partial charge < -0.3 is 10.4 Å². The SMILES string of the molecule is C=C[C@@H](CO)NCC(F)F. The topological polar surface area (TPSA) is 32.3 Å². The number of hydrogen-bond acceptors (Lipinski definition) is 2. The van der Waals surface area contributed by atoms with Gasteiger partial charge in [0.15, 0.2) is 0 Å². The van der Waals surface area contributed by atoms with E-state index < -0.39 is 19.0 Å². The van der Waals surface area contributed by atoms with Crippen LogP contribution in [-0.4, -0.2) is 30.7 Å². The molecule has 0 aromatic rings. The number of rotatable bonds is 5. The smallest absolute Gasteiger partial charge is 0.250 e. The summed E-state index contributed by atoms with van der Waals surface area (Å²) < 4.78 is 23.0. The van der Waals surface area contributed by atoms with Crippen LogP contribution in [0.3, 0.4) is 0 Å². The van der Waals surface area contributed by atoms with E-state index >= 15 is 0 Å². The Bertz CT molecular complexity index is 97.7.